The number of nitrogens with zero attached hydrogens (tertiary/aromatic N) is 2. The predicted octanol–water partition coefficient (Wildman–Crippen LogP) is 1.99. The van der Waals surface area contributed by atoms with Crippen LogP contribution in [0.15, 0.2) is 61.3 Å². The number of hydrogen-bond acceptors (Lipinski definition) is 11. The molecule has 0 heterocycles. The van der Waals surface area contributed by atoms with Crippen LogP contribution in [0.2, 0.25) is 0 Å². The molecule has 33 heavy (non-hydrogen) atoms. The van der Waals surface area contributed by atoms with Crippen LogP contribution in [0.1, 0.15) is 0 Å². The molecule has 0 saturated heterocycles. The monoisotopic (exact) mass is 519 g/mol. The Morgan fingerprint density at radius 2 is 1.33 bits per heavy atom. The molecule has 0 radical (unpaired) electrons. The lowest BCUT2D eigenvalue weighted by Crippen LogP contribution is -2.01. The first-order chi connectivity index (χ1) is 15.0. The van der Waals surface area contributed by atoms with Gasteiger partial charge < -0.3 is 15.9 Å². The van der Waals surface area contributed by atoms with Gasteiger partial charge in [0.1, 0.15) is 26.9 Å². The van der Waals surface area contributed by atoms with Crippen molar-refractivity contribution in [3.63, 3.8) is 0 Å². The summed E-state index contributed by atoms with van der Waals surface area (Å²) in [7, 11) is -14.8. The van der Waals surface area contributed by atoms with Crippen LogP contribution in [0.4, 0.5) is 17.1 Å². The van der Waals surface area contributed by atoms with Crippen molar-refractivity contribution in [3.05, 3.63) is 36.4 Å². The fourth-order valence-electron chi connectivity index (χ4n) is 2.80. The number of benzene rings is 3. The van der Waals surface area contributed by atoms with Gasteiger partial charge in [0.15, 0.2) is 5.75 Å². The van der Waals surface area contributed by atoms with E-state index in [0.717, 1.165) is 12.1 Å². The van der Waals surface area contributed by atoms with Gasteiger partial charge in [-0.3, -0.25) is 13.7 Å². The average molecular weight is 519 g/mol. The largest absolute Gasteiger partial charge is 0.507 e. The number of phenolic OH excluding ortho intramolecular Hbond substituents is 2. The molecule has 0 spiro atoms. The van der Waals surface area contributed by atoms with E-state index in [1.165, 1.54) is 6.07 Å². The highest BCUT2D eigenvalue weighted by Crippen LogP contribution is 2.45. The third-order valence-electron chi connectivity index (χ3n) is 4.20. The quantitative estimate of drug-likeness (QED) is 0.161. The molecule has 17 heteroatoms. The Kier molecular flexibility index (Phi) is 5.82. The second kappa shape index (κ2) is 7.90. The van der Waals surface area contributed by atoms with E-state index in [1.807, 2.05) is 0 Å². The molecule has 0 amide bonds. The van der Waals surface area contributed by atoms with Crippen LogP contribution in [-0.2, 0) is 30.4 Å². The molecule has 3 aromatic carbocycles. The van der Waals surface area contributed by atoms with Gasteiger partial charge in [-0.1, -0.05) is 0 Å². The zero-order valence-electron chi connectivity index (χ0n) is 15.8. The molecule has 0 atom stereocenters. The highest BCUT2D eigenvalue weighted by atomic mass is 32.2. The van der Waals surface area contributed by atoms with E-state index in [1.54, 1.807) is 0 Å². The van der Waals surface area contributed by atoms with Crippen LogP contribution in [0, 0.1) is 0 Å². The molecular formula is C16H13N3O11S3. The van der Waals surface area contributed by atoms with E-state index >= 15 is 0 Å². The first kappa shape index (κ1) is 24.3. The summed E-state index contributed by atoms with van der Waals surface area (Å²) in [6.45, 7) is 0. The van der Waals surface area contributed by atoms with Crippen molar-refractivity contribution in [1.82, 2.24) is 0 Å². The van der Waals surface area contributed by atoms with Crippen molar-refractivity contribution in [2.24, 2.45) is 10.2 Å². The number of nitrogens with two attached hydrogens (primary N) is 1. The fourth-order valence-corrected chi connectivity index (χ4v) is 4.66. The van der Waals surface area contributed by atoms with E-state index in [2.05, 4.69) is 10.2 Å². The normalized spacial score (nSPS) is 13.1. The summed E-state index contributed by atoms with van der Waals surface area (Å²) in [4.78, 5) is -2.75. The number of aromatic hydroxyl groups is 2. The highest BCUT2D eigenvalue weighted by molar-refractivity contribution is 7.86. The molecule has 14 nitrogen and oxygen atoms in total. The Bertz CT molecular complexity index is 1660. The predicted molar refractivity (Wildman–Crippen MR) is 112 cm³/mol. The lowest BCUT2D eigenvalue weighted by atomic mass is 10.1. The van der Waals surface area contributed by atoms with Crippen LogP contribution in [-0.4, -0.2) is 49.1 Å². The average Bonchev–Trinajstić information content (AvgIpc) is 2.65. The maximum Gasteiger partial charge on any atom is 0.296 e. The molecule has 0 saturated carbocycles. The molecule has 176 valence electrons. The molecule has 3 aromatic rings. The summed E-state index contributed by atoms with van der Waals surface area (Å²) in [5, 5.41) is 26.6. The Morgan fingerprint density at radius 3 is 1.88 bits per heavy atom. The van der Waals surface area contributed by atoms with Crippen molar-refractivity contribution in [1.29, 1.82) is 0 Å². The second-order valence-electron chi connectivity index (χ2n) is 6.46. The van der Waals surface area contributed by atoms with Gasteiger partial charge in [-0.25, -0.2) is 0 Å². The third-order valence-corrected chi connectivity index (χ3v) is 6.78. The van der Waals surface area contributed by atoms with E-state index in [9.17, 15) is 44.6 Å². The van der Waals surface area contributed by atoms with E-state index in [-0.39, 0.29) is 5.69 Å². The first-order valence-corrected chi connectivity index (χ1v) is 12.6. The van der Waals surface area contributed by atoms with Gasteiger partial charge in [0.05, 0.1) is 10.3 Å². The Balaban J connectivity index is 2.37. The molecule has 0 aromatic heterocycles. The van der Waals surface area contributed by atoms with Gasteiger partial charge in [-0.05, 0) is 35.7 Å². The van der Waals surface area contributed by atoms with Crippen molar-refractivity contribution in [2.75, 3.05) is 5.73 Å². The molecular weight excluding hydrogens is 506 g/mol. The molecule has 7 N–H and O–H groups in total. The van der Waals surface area contributed by atoms with Gasteiger partial charge >= 0.3 is 0 Å². The maximum absolute atomic E-state index is 11.9. The topological polar surface area (TPSA) is 254 Å². The number of azo groups is 1. The minimum absolute atomic E-state index is 0.0756. The molecule has 3 rings (SSSR count). The summed E-state index contributed by atoms with van der Waals surface area (Å²) in [5.41, 5.74) is 3.90. The van der Waals surface area contributed by atoms with Gasteiger partial charge in [0.2, 0.25) is 0 Å². The summed E-state index contributed by atoms with van der Waals surface area (Å²) < 4.78 is 97.6. The van der Waals surface area contributed by atoms with Crippen molar-refractivity contribution >= 4 is 58.2 Å². The van der Waals surface area contributed by atoms with Gasteiger partial charge in [-0.2, -0.15) is 25.3 Å². The van der Waals surface area contributed by atoms with Crippen LogP contribution in [0.3, 0.4) is 0 Å². The minimum Gasteiger partial charge on any atom is -0.507 e. The SMILES string of the molecule is Nc1ccc(N=Nc2c(S(=O)(=O)O)cc3cc(S(=O)(=O)O)cc(O)c3c2O)c(S(=O)(=O)O)c1. The number of nitrogen functional groups attached to an aromatic ring is 1. The smallest absolute Gasteiger partial charge is 0.296 e. The Labute approximate surface area is 185 Å². The van der Waals surface area contributed by atoms with E-state index in [4.69, 9.17) is 10.3 Å². The van der Waals surface area contributed by atoms with E-state index < -0.39 is 78.7 Å². The maximum atomic E-state index is 11.9. The molecule has 0 bridgehead atoms. The summed E-state index contributed by atoms with van der Waals surface area (Å²) in [5.74, 6) is -2.01. The minimum atomic E-state index is -5.15. The first-order valence-electron chi connectivity index (χ1n) is 8.26. The Morgan fingerprint density at radius 1 is 0.727 bits per heavy atom. The number of fused-ring (bicyclic) bond motifs is 1. The zero-order chi connectivity index (χ0) is 24.9. The summed E-state index contributed by atoms with van der Waals surface area (Å²) in [6.07, 6.45) is 0. The van der Waals surface area contributed by atoms with Gasteiger partial charge in [0.25, 0.3) is 30.4 Å². The molecule has 0 aliphatic carbocycles. The summed E-state index contributed by atoms with van der Waals surface area (Å²) >= 11 is 0. The van der Waals surface area contributed by atoms with Crippen LogP contribution in [0.5, 0.6) is 11.5 Å². The Hall–Kier alpha value is -3.35. The van der Waals surface area contributed by atoms with Crippen molar-refractivity contribution < 1.29 is 49.1 Å². The van der Waals surface area contributed by atoms with Gasteiger partial charge in [-0.15, -0.1) is 10.2 Å². The third kappa shape index (κ3) is 4.87. The zero-order valence-corrected chi connectivity index (χ0v) is 18.3. The lowest BCUT2D eigenvalue weighted by molar-refractivity contribution is 0.457. The van der Waals surface area contributed by atoms with Crippen LogP contribution < -0.4 is 5.73 Å². The van der Waals surface area contributed by atoms with Crippen molar-refractivity contribution in [3.8, 4) is 11.5 Å². The summed E-state index contributed by atoms with van der Waals surface area (Å²) in [6, 6.07) is 4.90. The number of anilines is 1. The van der Waals surface area contributed by atoms with Gasteiger partial charge in [0, 0.05) is 11.8 Å². The number of rotatable bonds is 5. The van der Waals surface area contributed by atoms with Crippen LogP contribution in [0.25, 0.3) is 10.8 Å². The van der Waals surface area contributed by atoms with Crippen LogP contribution >= 0.6 is 0 Å². The number of phenols is 2. The molecule has 0 aliphatic rings. The van der Waals surface area contributed by atoms with Crippen molar-refractivity contribution in [2.45, 2.75) is 14.7 Å². The number of hydrogen-bond donors (Lipinski definition) is 6. The molecule has 0 aliphatic heterocycles. The highest BCUT2D eigenvalue weighted by Gasteiger charge is 2.25. The lowest BCUT2D eigenvalue weighted by Gasteiger charge is -2.11. The van der Waals surface area contributed by atoms with E-state index in [0.29, 0.717) is 18.2 Å². The molecule has 0 fully saturated rings. The second-order valence-corrected chi connectivity index (χ2v) is 10.7. The fraction of sp³-hybridized carbons (Fsp3) is 0. The molecule has 0 unspecified atom stereocenters. The standard InChI is InChI=1S/C16H13N3O11S3/c17-8-1-2-10(12(5-8)32(25,26)27)18-19-15-13(33(28,29)30)4-7-3-9(31(22,23)24)6-11(20)14(7)16(15)21/h1-6,20-21H,17H2,(H,22,23,24)(H,25,26,27)(H,28,29,30).